The lowest BCUT2D eigenvalue weighted by atomic mass is 10.2. The standard InChI is InChI=1S/C26H28N2O4S/c1-3-17-32-24-9-5-4-7-21(24)12-15-26(29)28-19-25(22-8-6-16-27-18-22)33(30,31)23-13-10-20(2)11-14-23/h4-16,18,25H,3,17,19H2,1-2H3,(H,28,29)/b15-12+. The Kier molecular flexibility index (Phi) is 8.38. The third-order valence-electron chi connectivity index (χ3n) is 5.04. The highest BCUT2D eigenvalue weighted by molar-refractivity contribution is 7.91. The number of ether oxygens (including phenoxy) is 1. The topological polar surface area (TPSA) is 85.4 Å². The van der Waals surface area contributed by atoms with Gasteiger partial charge in [0.1, 0.15) is 11.0 Å². The first-order valence-corrected chi connectivity index (χ1v) is 12.3. The van der Waals surface area contributed by atoms with Crippen LogP contribution in [0.15, 0.2) is 84.0 Å². The average Bonchev–Trinajstić information content (AvgIpc) is 2.83. The Morgan fingerprint density at radius 2 is 1.85 bits per heavy atom. The fourth-order valence-electron chi connectivity index (χ4n) is 3.24. The minimum Gasteiger partial charge on any atom is -0.493 e. The van der Waals surface area contributed by atoms with Crippen molar-refractivity contribution in [2.45, 2.75) is 30.4 Å². The first kappa shape index (κ1) is 24.2. The predicted octanol–water partition coefficient (Wildman–Crippen LogP) is 4.52. The van der Waals surface area contributed by atoms with Gasteiger partial charge in [-0.2, -0.15) is 0 Å². The maximum atomic E-state index is 13.4. The molecule has 0 saturated heterocycles. The third-order valence-corrected chi connectivity index (χ3v) is 7.15. The Hall–Kier alpha value is -3.45. The molecule has 2 aromatic carbocycles. The van der Waals surface area contributed by atoms with Crippen molar-refractivity contribution in [2.75, 3.05) is 13.2 Å². The van der Waals surface area contributed by atoms with E-state index in [0.717, 1.165) is 17.5 Å². The van der Waals surface area contributed by atoms with Crippen LogP contribution in [0, 0.1) is 6.92 Å². The molecule has 0 fully saturated rings. The number of rotatable bonds is 10. The number of amides is 1. The molecule has 172 valence electrons. The number of hydrogen-bond donors (Lipinski definition) is 1. The van der Waals surface area contributed by atoms with Crippen molar-refractivity contribution in [3.8, 4) is 5.75 Å². The predicted molar refractivity (Wildman–Crippen MR) is 130 cm³/mol. The fraction of sp³-hybridized carbons (Fsp3) is 0.231. The van der Waals surface area contributed by atoms with Crippen LogP contribution in [0.1, 0.15) is 35.3 Å². The summed E-state index contributed by atoms with van der Waals surface area (Å²) in [6, 6.07) is 17.5. The molecule has 0 spiro atoms. The second-order valence-electron chi connectivity index (χ2n) is 7.60. The molecular formula is C26H28N2O4S. The summed E-state index contributed by atoms with van der Waals surface area (Å²) in [5, 5.41) is 1.76. The molecule has 0 saturated carbocycles. The van der Waals surface area contributed by atoms with Gasteiger partial charge >= 0.3 is 0 Å². The van der Waals surface area contributed by atoms with Crippen molar-refractivity contribution in [3.63, 3.8) is 0 Å². The monoisotopic (exact) mass is 464 g/mol. The summed E-state index contributed by atoms with van der Waals surface area (Å²) >= 11 is 0. The van der Waals surface area contributed by atoms with Crippen molar-refractivity contribution < 1.29 is 17.9 Å². The molecule has 0 aliphatic heterocycles. The zero-order chi connectivity index (χ0) is 23.7. The number of nitrogens with one attached hydrogen (secondary N) is 1. The van der Waals surface area contributed by atoms with Gasteiger partial charge in [0.2, 0.25) is 5.91 Å². The number of carbonyl (C=O) groups is 1. The summed E-state index contributed by atoms with van der Waals surface area (Å²) in [6.45, 7) is 4.42. The Balaban J connectivity index is 1.77. The molecule has 1 N–H and O–H groups in total. The Labute approximate surface area is 195 Å². The van der Waals surface area contributed by atoms with Gasteiger partial charge in [0.05, 0.1) is 11.5 Å². The normalized spacial score (nSPS) is 12.4. The van der Waals surface area contributed by atoms with E-state index in [1.54, 1.807) is 48.7 Å². The lowest BCUT2D eigenvalue weighted by Gasteiger charge is -2.18. The molecule has 1 aromatic heterocycles. The summed E-state index contributed by atoms with van der Waals surface area (Å²) in [5.74, 6) is 0.298. The van der Waals surface area contributed by atoms with E-state index in [1.165, 1.54) is 12.3 Å². The van der Waals surface area contributed by atoms with Crippen molar-refractivity contribution >= 4 is 21.8 Å². The Morgan fingerprint density at radius 3 is 2.55 bits per heavy atom. The quantitative estimate of drug-likeness (QED) is 0.446. The maximum absolute atomic E-state index is 13.4. The number of pyridine rings is 1. The van der Waals surface area contributed by atoms with E-state index in [1.807, 2.05) is 38.1 Å². The number of benzene rings is 2. The van der Waals surface area contributed by atoms with Crippen molar-refractivity contribution in [1.82, 2.24) is 10.3 Å². The lowest BCUT2D eigenvalue weighted by molar-refractivity contribution is -0.116. The van der Waals surface area contributed by atoms with Crippen LogP contribution in [-0.4, -0.2) is 32.5 Å². The van der Waals surface area contributed by atoms with Crippen LogP contribution < -0.4 is 10.1 Å². The van der Waals surface area contributed by atoms with Crippen LogP contribution in [-0.2, 0) is 14.6 Å². The van der Waals surface area contributed by atoms with Gasteiger partial charge in [-0.25, -0.2) is 8.42 Å². The minimum absolute atomic E-state index is 0.0843. The zero-order valence-corrected chi connectivity index (χ0v) is 19.6. The second kappa shape index (κ2) is 11.4. The van der Waals surface area contributed by atoms with E-state index in [9.17, 15) is 13.2 Å². The molecule has 1 unspecified atom stereocenters. The molecule has 33 heavy (non-hydrogen) atoms. The van der Waals surface area contributed by atoms with Crippen LogP contribution in [0.3, 0.4) is 0 Å². The molecule has 3 aromatic rings. The van der Waals surface area contributed by atoms with E-state index in [-0.39, 0.29) is 11.4 Å². The lowest BCUT2D eigenvalue weighted by Crippen LogP contribution is -2.31. The molecule has 7 heteroatoms. The summed E-state index contributed by atoms with van der Waals surface area (Å²) in [6.07, 6.45) is 7.02. The third kappa shape index (κ3) is 6.52. The average molecular weight is 465 g/mol. The van der Waals surface area contributed by atoms with Gasteiger partial charge in [-0.05, 0) is 49.2 Å². The van der Waals surface area contributed by atoms with E-state index in [4.69, 9.17) is 4.74 Å². The molecule has 0 bridgehead atoms. The van der Waals surface area contributed by atoms with E-state index in [0.29, 0.717) is 17.9 Å². The van der Waals surface area contributed by atoms with Crippen molar-refractivity contribution in [1.29, 1.82) is 0 Å². The Morgan fingerprint density at radius 1 is 1.09 bits per heavy atom. The first-order chi connectivity index (χ1) is 15.9. The molecule has 6 nitrogen and oxygen atoms in total. The van der Waals surface area contributed by atoms with Crippen LogP contribution >= 0.6 is 0 Å². The van der Waals surface area contributed by atoms with Crippen molar-refractivity contribution in [2.24, 2.45) is 0 Å². The summed E-state index contributed by atoms with van der Waals surface area (Å²) in [7, 11) is -3.75. The number of aryl methyl sites for hydroxylation is 1. The van der Waals surface area contributed by atoms with Crippen LogP contribution in [0.4, 0.5) is 0 Å². The second-order valence-corrected chi connectivity index (χ2v) is 9.73. The minimum atomic E-state index is -3.75. The molecular weight excluding hydrogens is 436 g/mol. The van der Waals surface area contributed by atoms with Gasteiger partial charge in [0, 0.05) is 30.6 Å². The largest absolute Gasteiger partial charge is 0.493 e. The van der Waals surface area contributed by atoms with Gasteiger partial charge in [-0.3, -0.25) is 9.78 Å². The summed E-state index contributed by atoms with van der Waals surface area (Å²) in [4.78, 5) is 16.8. The van der Waals surface area contributed by atoms with E-state index >= 15 is 0 Å². The molecule has 0 aliphatic rings. The highest BCUT2D eigenvalue weighted by Gasteiger charge is 2.29. The number of hydrogen-bond acceptors (Lipinski definition) is 5. The van der Waals surface area contributed by atoms with Gasteiger partial charge in [0.25, 0.3) is 0 Å². The molecule has 0 radical (unpaired) electrons. The smallest absolute Gasteiger partial charge is 0.244 e. The highest BCUT2D eigenvalue weighted by Crippen LogP contribution is 2.28. The molecule has 0 aliphatic carbocycles. The Bertz CT molecular complexity index is 1190. The summed E-state index contributed by atoms with van der Waals surface area (Å²) in [5.41, 5.74) is 2.26. The summed E-state index contributed by atoms with van der Waals surface area (Å²) < 4.78 is 32.4. The highest BCUT2D eigenvalue weighted by atomic mass is 32.2. The molecule has 1 amide bonds. The molecule has 1 atom stereocenters. The van der Waals surface area contributed by atoms with Crippen LogP contribution in [0.25, 0.3) is 6.08 Å². The number of aromatic nitrogens is 1. The number of para-hydroxylation sites is 1. The first-order valence-electron chi connectivity index (χ1n) is 10.8. The van der Waals surface area contributed by atoms with E-state index in [2.05, 4.69) is 10.3 Å². The number of nitrogens with zero attached hydrogens (tertiary/aromatic N) is 1. The van der Waals surface area contributed by atoms with Gasteiger partial charge in [-0.1, -0.05) is 48.9 Å². The SMILES string of the molecule is CCCOc1ccccc1/C=C/C(=O)NCC(c1cccnc1)S(=O)(=O)c1ccc(C)cc1. The maximum Gasteiger partial charge on any atom is 0.244 e. The van der Waals surface area contributed by atoms with Crippen LogP contribution in [0.2, 0.25) is 0 Å². The molecule has 1 heterocycles. The number of carbonyl (C=O) groups excluding carboxylic acids is 1. The van der Waals surface area contributed by atoms with Gasteiger partial charge in [0.15, 0.2) is 9.84 Å². The van der Waals surface area contributed by atoms with E-state index < -0.39 is 21.0 Å². The number of sulfone groups is 1. The molecule has 3 rings (SSSR count). The van der Waals surface area contributed by atoms with Gasteiger partial charge < -0.3 is 10.1 Å². The fourth-order valence-corrected chi connectivity index (χ4v) is 4.89. The van der Waals surface area contributed by atoms with Crippen LogP contribution in [0.5, 0.6) is 5.75 Å². The zero-order valence-electron chi connectivity index (χ0n) is 18.8. The van der Waals surface area contributed by atoms with Crippen molar-refractivity contribution in [3.05, 3.63) is 95.8 Å². The van der Waals surface area contributed by atoms with Gasteiger partial charge in [-0.15, -0.1) is 0 Å².